The van der Waals surface area contributed by atoms with E-state index >= 15 is 0 Å². The molecular weight excluding hydrogens is 228 g/mol. The minimum Gasteiger partial charge on any atom is -0.0848 e. The van der Waals surface area contributed by atoms with Crippen LogP contribution in [0.25, 0.3) is 0 Å². The van der Waals surface area contributed by atoms with Crippen LogP contribution in [0.4, 0.5) is 0 Å². The van der Waals surface area contributed by atoms with E-state index in [4.69, 9.17) is 0 Å². The van der Waals surface area contributed by atoms with E-state index in [1.165, 1.54) is 29.6 Å². The molecule has 0 aromatic rings. The number of rotatable bonds is 3. The summed E-state index contributed by atoms with van der Waals surface area (Å²) in [5.74, 6) is 1.36. The zero-order chi connectivity index (χ0) is 14.4. The lowest BCUT2D eigenvalue weighted by molar-refractivity contribution is 0.443. The molecule has 106 valence electrons. The largest absolute Gasteiger partial charge is 0.0848 e. The van der Waals surface area contributed by atoms with Crippen LogP contribution in [0.1, 0.15) is 60.8 Å². The molecule has 0 saturated carbocycles. The molecule has 0 spiro atoms. The van der Waals surface area contributed by atoms with Crippen LogP contribution < -0.4 is 0 Å². The maximum atomic E-state index is 2.39. The first kappa shape index (κ1) is 16.0. The summed E-state index contributed by atoms with van der Waals surface area (Å²) in [6.07, 6.45) is 12.6. The summed E-state index contributed by atoms with van der Waals surface area (Å²) in [5, 5.41) is 0. The van der Waals surface area contributed by atoms with Gasteiger partial charge in [0.1, 0.15) is 0 Å². The molecule has 0 fully saturated rings. The number of hydrogen-bond donors (Lipinski definition) is 0. The van der Waals surface area contributed by atoms with E-state index in [0.29, 0.717) is 5.92 Å². The van der Waals surface area contributed by atoms with Crippen LogP contribution >= 0.6 is 0 Å². The minimum atomic E-state index is 0.631. The molecule has 0 saturated heterocycles. The third-order valence-electron chi connectivity index (χ3n) is 4.52. The molecule has 0 aromatic heterocycles. The van der Waals surface area contributed by atoms with Gasteiger partial charge in [0, 0.05) is 0 Å². The van der Waals surface area contributed by atoms with Gasteiger partial charge in [-0.05, 0) is 61.7 Å². The molecular formula is C19H30. The van der Waals surface area contributed by atoms with Gasteiger partial charge in [-0.3, -0.25) is 0 Å². The maximum absolute atomic E-state index is 2.39. The zero-order valence-electron chi connectivity index (χ0n) is 13.6. The molecule has 1 aliphatic carbocycles. The van der Waals surface area contributed by atoms with Crippen molar-refractivity contribution in [3.8, 4) is 0 Å². The van der Waals surface area contributed by atoms with E-state index in [9.17, 15) is 0 Å². The number of hydrogen-bond acceptors (Lipinski definition) is 0. The molecule has 0 heterocycles. The summed E-state index contributed by atoms with van der Waals surface area (Å²) >= 11 is 0. The van der Waals surface area contributed by atoms with Crippen molar-refractivity contribution in [2.24, 2.45) is 11.8 Å². The van der Waals surface area contributed by atoms with Crippen molar-refractivity contribution >= 4 is 0 Å². The van der Waals surface area contributed by atoms with Gasteiger partial charge >= 0.3 is 0 Å². The quantitative estimate of drug-likeness (QED) is 0.563. The Morgan fingerprint density at radius 3 is 2.42 bits per heavy atom. The van der Waals surface area contributed by atoms with Crippen LogP contribution in [0.2, 0.25) is 0 Å². The molecule has 2 atom stereocenters. The summed E-state index contributed by atoms with van der Waals surface area (Å²) in [4.78, 5) is 0. The molecule has 0 bridgehead atoms. The minimum absolute atomic E-state index is 0.631. The molecule has 0 aromatic carbocycles. The second-order valence-electron chi connectivity index (χ2n) is 5.71. The molecule has 2 unspecified atom stereocenters. The van der Waals surface area contributed by atoms with Crippen LogP contribution in [0.5, 0.6) is 0 Å². The summed E-state index contributed by atoms with van der Waals surface area (Å²) in [6, 6.07) is 0. The van der Waals surface area contributed by atoms with Gasteiger partial charge in [-0.15, -0.1) is 0 Å². The van der Waals surface area contributed by atoms with Crippen molar-refractivity contribution in [3.05, 3.63) is 46.6 Å². The van der Waals surface area contributed by atoms with E-state index in [2.05, 4.69) is 65.8 Å². The monoisotopic (exact) mass is 258 g/mol. The van der Waals surface area contributed by atoms with Crippen molar-refractivity contribution in [2.75, 3.05) is 0 Å². The Bertz CT molecular complexity index is 415. The molecule has 0 nitrogen and oxygen atoms in total. The standard InChI is InChI=1S/C19H30/c1-7-10-11-12-19-15(5)14(4)13-17(8-2)16(6)18(19)9-3/h9-12,14-15H,7-8,13H2,1-6H3. The molecule has 0 radical (unpaired) electrons. The first-order valence-corrected chi connectivity index (χ1v) is 7.79. The second-order valence-corrected chi connectivity index (χ2v) is 5.71. The number of allylic oxidation sites excluding steroid dienone is 8. The Morgan fingerprint density at radius 1 is 1.21 bits per heavy atom. The highest BCUT2D eigenvalue weighted by Crippen LogP contribution is 2.40. The Hall–Kier alpha value is -1.04. The summed E-state index contributed by atoms with van der Waals surface area (Å²) in [6.45, 7) is 13.7. The molecule has 19 heavy (non-hydrogen) atoms. The van der Waals surface area contributed by atoms with Gasteiger partial charge < -0.3 is 0 Å². The van der Waals surface area contributed by atoms with Crippen molar-refractivity contribution in [3.63, 3.8) is 0 Å². The smallest absolute Gasteiger partial charge is 0.0156 e. The molecule has 0 heteroatoms. The maximum Gasteiger partial charge on any atom is -0.0156 e. The first-order valence-electron chi connectivity index (χ1n) is 7.79. The topological polar surface area (TPSA) is 0 Å². The SMILES string of the molecule is CC=C1C(=CC=CCC)C(C)C(C)CC(CC)=C1C. The Labute approximate surface area is 120 Å². The predicted octanol–water partition coefficient (Wildman–Crippen LogP) is 6.23. The summed E-state index contributed by atoms with van der Waals surface area (Å²) in [7, 11) is 0. The van der Waals surface area contributed by atoms with E-state index in [-0.39, 0.29) is 0 Å². The van der Waals surface area contributed by atoms with Gasteiger partial charge in [-0.1, -0.05) is 57.6 Å². The van der Waals surface area contributed by atoms with Gasteiger partial charge in [0.2, 0.25) is 0 Å². The van der Waals surface area contributed by atoms with Crippen molar-refractivity contribution < 1.29 is 0 Å². The van der Waals surface area contributed by atoms with Crippen LogP contribution in [-0.4, -0.2) is 0 Å². The van der Waals surface area contributed by atoms with Gasteiger partial charge in [-0.25, -0.2) is 0 Å². The van der Waals surface area contributed by atoms with Gasteiger partial charge in [0.25, 0.3) is 0 Å². The van der Waals surface area contributed by atoms with E-state index < -0.39 is 0 Å². The van der Waals surface area contributed by atoms with Crippen LogP contribution in [0.15, 0.2) is 46.6 Å². The molecule has 0 aliphatic heterocycles. The van der Waals surface area contributed by atoms with Crippen molar-refractivity contribution in [2.45, 2.75) is 60.8 Å². The van der Waals surface area contributed by atoms with Gasteiger partial charge in [0.15, 0.2) is 0 Å². The lowest BCUT2D eigenvalue weighted by Gasteiger charge is -2.21. The van der Waals surface area contributed by atoms with Gasteiger partial charge in [0.05, 0.1) is 0 Å². The fourth-order valence-electron chi connectivity index (χ4n) is 3.02. The summed E-state index contributed by atoms with van der Waals surface area (Å²) < 4.78 is 0. The van der Waals surface area contributed by atoms with Crippen LogP contribution in [-0.2, 0) is 0 Å². The second kappa shape index (κ2) is 7.53. The highest BCUT2D eigenvalue weighted by atomic mass is 14.3. The Kier molecular flexibility index (Phi) is 6.34. The molecule has 1 aliphatic rings. The van der Waals surface area contributed by atoms with Gasteiger partial charge in [-0.2, -0.15) is 0 Å². The van der Waals surface area contributed by atoms with E-state index in [1.54, 1.807) is 5.57 Å². The average Bonchev–Trinajstić information content (AvgIpc) is 2.49. The third-order valence-corrected chi connectivity index (χ3v) is 4.52. The van der Waals surface area contributed by atoms with Crippen LogP contribution in [0.3, 0.4) is 0 Å². The van der Waals surface area contributed by atoms with E-state index in [0.717, 1.165) is 12.3 Å². The zero-order valence-corrected chi connectivity index (χ0v) is 13.6. The molecule has 0 amide bonds. The first-order chi connectivity index (χ1) is 9.06. The fraction of sp³-hybridized carbons (Fsp3) is 0.579. The van der Waals surface area contributed by atoms with E-state index in [1.807, 2.05) is 0 Å². The molecule has 0 N–H and O–H groups in total. The Morgan fingerprint density at radius 2 is 1.89 bits per heavy atom. The molecule has 1 rings (SSSR count). The van der Waals surface area contributed by atoms with Crippen LogP contribution in [0, 0.1) is 11.8 Å². The summed E-state index contributed by atoms with van der Waals surface area (Å²) in [5.41, 5.74) is 6.13. The average molecular weight is 258 g/mol. The lowest BCUT2D eigenvalue weighted by Crippen LogP contribution is -2.10. The normalized spacial score (nSPS) is 29.6. The highest BCUT2D eigenvalue weighted by Gasteiger charge is 2.25. The Balaban J connectivity index is 3.29. The van der Waals surface area contributed by atoms with Crippen molar-refractivity contribution in [1.29, 1.82) is 0 Å². The third kappa shape index (κ3) is 3.72. The lowest BCUT2D eigenvalue weighted by atomic mass is 9.84. The highest BCUT2D eigenvalue weighted by molar-refractivity contribution is 5.51. The fourth-order valence-corrected chi connectivity index (χ4v) is 3.02. The van der Waals surface area contributed by atoms with Crippen molar-refractivity contribution in [1.82, 2.24) is 0 Å². The predicted molar refractivity (Wildman–Crippen MR) is 87.2 cm³/mol.